The van der Waals surface area contributed by atoms with E-state index in [4.69, 9.17) is 10.9 Å². The van der Waals surface area contributed by atoms with Crippen molar-refractivity contribution < 1.29 is 13.6 Å². The molecular formula is C8H17N3O3S. The Bertz CT molecular complexity index is 335. The van der Waals surface area contributed by atoms with Crippen LogP contribution >= 0.6 is 0 Å². The van der Waals surface area contributed by atoms with Gasteiger partial charge in [-0.1, -0.05) is 12.1 Å². The molecule has 3 N–H and O–H groups in total. The second-order valence-corrected chi connectivity index (χ2v) is 5.79. The fraction of sp³-hybridized carbons (Fsp3) is 0.875. The van der Waals surface area contributed by atoms with Crippen molar-refractivity contribution in [3.8, 4) is 0 Å². The third-order valence-electron chi connectivity index (χ3n) is 2.40. The summed E-state index contributed by atoms with van der Waals surface area (Å²) in [6, 6.07) is 0. The van der Waals surface area contributed by atoms with Crippen LogP contribution in [0.2, 0.25) is 0 Å². The average molecular weight is 235 g/mol. The highest BCUT2D eigenvalue weighted by Gasteiger charge is 2.39. The van der Waals surface area contributed by atoms with Crippen LogP contribution in [0.15, 0.2) is 5.16 Å². The molecule has 0 aromatic carbocycles. The van der Waals surface area contributed by atoms with Crippen LogP contribution in [0.1, 0.15) is 26.2 Å². The van der Waals surface area contributed by atoms with E-state index in [0.29, 0.717) is 6.54 Å². The SMILES string of the molecule is CCN(CCC(N)=NO)S(=O)(=O)C1CC1. The molecule has 1 saturated carbocycles. The maximum atomic E-state index is 11.8. The van der Waals surface area contributed by atoms with E-state index in [0.717, 1.165) is 12.8 Å². The number of nitrogens with two attached hydrogens (primary N) is 1. The van der Waals surface area contributed by atoms with Crippen molar-refractivity contribution in [3.63, 3.8) is 0 Å². The number of hydrogen-bond donors (Lipinski definition) is 2. The molecule has 0 unspecified atom stereocenters. The van der Waals surface area contributed by atoms with E-state index in [2.05, 4.69) is 5.16 Å². The zero-order valence-electron chi connectivity index (χ0n) is 8.76. The lowest BCUT2D eigenvalue weighted by molar-refractivity contribution is 0.315. The Morgan fingerprint density at radius 2 is 2.20 bits per heavy atom. The maximum Gasteiger partial charge on any atom is 0.216 e. The predicted octanol–water partition coefficient (Wildman–Crippen LogP) is -0.0630. The van der Waals surface area contributed by atoms with E-state index in [1.807, 2.05) is 0 Å². The quantitative estimate of drug-likeness (QED) is 0.292. The van der Waals surface area contributed by atoms with E-state index < -0.39 is 10.0 Å². The Labute approximate surface area is 89.8 Å². The van der Waals surface area contributed by atoms with Gasteiger partial charge in [-0.3, -0.25) is 0 Å². The van der Waals surface area contributed by atoms with E-state index >= 15 is 0 Å². The molecule has 0 amide bonds. The van der Waals surface area contributed by atoms with Gasteiger partial charge < -0.3 is 10.9 Å². The molecule has 15 heavy (non-hydrogen) atoms. The van der Waals surface area contributed by atoms with E-state index in [-0.39, 0.29) is 24.1 Å². The van der Waals surface area contributed by atoms with Crippen molar-refractivity contribution in [2.24, 2.45) is 10.9 Å². The maximum absolute atomic E-state index is 11.8. The molecule has 0 spiro atoms. The van der Waals surface area contributed by atoms with Crippen LogP contribution in [0.5, 0.6) is 0 Å². The largest absolute Gasteiger partial charge is 0.409 e. The van der Waals surface area contributed by atoms with Crippen LogP contribution in [0.4, 0.5) is 0 Å². The summed E-state index contributed by atoms with van der Waals surface area (Å²) in [5.74, 6) is 0.0550. The van der Waals surface area contributed by atoms with Crippen molar-refractivity contribution >= 4 is 15.9 Å². The highest BCUT2D eigenvalue weighted by atomic mass is 32.2. The van der Waals surface area contributed by atoms with Crippen LogP contribution in [0, 0.1) is 0 Å². The highest BCUT2D eigenvalue weighted by molar-refractivity contribution is 7.90. The molecule has 0 aliphatic heterocycles. The van der Waals surface area contributed by atoms with Crippen molar-refractivity contribution in [1.29, 1.82) is 0 Å². The molecule has 1 rings (SSSR count). The highest BCUT2D eigenvalue weighted by Crippen LogP contribution is 2.30. The molecule has 1 aliphatic rings. The molecule has 0 bridgehead atoms. The van der Waals surface area contributed by atoms with Crippen molar-refractivity contribution in [2.75, 3.05) is 13.1 Å². The van der Waals surface area contributed by atoms with Gasteiger partial charge in [0.2, 0.25) is 10.0 Å². The normalized spacial score (nSPS) is 18.4. The van der Waals surface area contributed by atoms with Gasteiger partial charge in [0.1, 0.15) is 5.84 Å². The first kappa shape index (κ1) is 12.3. The molecule has 1 fully saturated rings. The van der Waals surface area contributed by atoms with Gasteiger partial charge in [0.15, 0.2) is 0 Å². The van der Waals surface area contributed by atoms with E-state index in [1.165, 1.54) is 4.31 Å². The lowest BCUT2D eigenvalue weighted by Crippen LogP contribution is -2.36. The lowest BCUT2D eigenvalue weighted by atomic mass is 10.4. The van der Waals surface area contributed by atoms with Crippen molar-refractivity contribution in [3.05, 3.63) is 0 Å². The van der Waals surface area contributed by atoms with Gasteiger partial charge in [0.05, 0.1) is 5.25 Å². The Morgan fingerprint density at radius 1 is 1.60 bits per heavy atom. The molecule has 0 aromatic rings. The summed E-state index contributed by atoms with van der Waals surface area (Å²) >= 11 is 0. The summed E-state index contributed by atoms with van der Waals surface area (Å²) in [6.45, 7) is 2.50. The molecule has 6 nitrogen and oxygen atoms in total. The molecular weight excluding hydrogens is 218 g/mol. The summed E-state index contributed by atoms with van der Waals surface area (Å²) in [6.07, 6.45) is 1.76. The summed E-state index contributed by atoms with van der Waals surface area (Å²) in [4.78, 5) is 0. The molecule has 7 heteroatoms. The Morgan fingerprint density at radius 3 is 2.60 bits per heavy atom. The summed E-state index contributed by atoms with van der Waals surface area (Å²) in [5, 5.41) is 10.9. The third kappa shape index (κ3) is 3.07. The second-order valence-electron chi connectivity index (χ2n) is 3.58. The van der Waals surface area contributed by atoms with Crippen LogP contribution in [0.3, 0.4) is 0 Å². The minimum Gasteiger partial charge on any atom is -0.409 e. The Kier molecular flexibility index (Phi) is 3.92. The summed E-state index contributed by atoms with van der Waals surface area (Å²) in [7, 11) is -3.14. The standard InChI is InChI=1S/C8H17N3O3S/c1-2-11(6-5-8(9)10-12)15(13,14)7-3-4-7/h7,12H,2-6H2,1H3,(H2,9,10). The molecule has 0 aromatic heterocycles. The van der Waals surface area contributed by atoms with Crippen LogP contribution in [0.25, 0.3) is 0 Å². The van der Waals surface area contributed by atoms with Crippen molar-refractivity contribution in [2.45, 2.75) is 31.4 Å². The van der Waals surface area contributed by atoms with Gasteiger partial charge in [-0.15, -0.1) is 0 Å². The lowest BCUT2D eigenvalue weighted by Gasteiger charge is -2.19. The molecule has 0 atom stereocenters. The molecule has 1 aliphatic carbocycles. The molecule has 0 radical (unpaired) electrons. The number of oxime groups is 1. The van der Waals surface area contributed by atoms with Crippen LogP contribution in [-0.2, 0) is 10.0 Å². The first-order valence-corrected chi connectivity index (χ1v) is 6.48. The second kappa shape index (κ2) is 4.80. The number of nitrogens with zero attached hydrogens (tertiary/aromatic N) is 2. The van der Waals surface area contributed by atoms with Gasteiger partial charge in [0.25, 0.3) is 0 Å². The number of rotatable bonds is 6. The fourth-order valence-corrected chi connectivity index (χ4v) is 3.19. The topological polar surface area (TPSA) is 96.0 Å². The monoisotopic (exact) mass is 235 g/mol. The van der Waals surface area contributed by atoms with Gasteiger partial charge in [-0.05, 0) is 12.8 Å². The minimum atomic E-state index is -3.14. The Balaban J connectivity index is 2.56. The van der Waals surface area contributed by atoms with E-state index in [9.17, 15) is 8.42 Å². The smallest absolute Gasteiger partial charge is 0.216 e. The van der Waals surface area contributed by atoms with E-state index in [1.54, 1.807) is 6.92 Å². The number of amidine groups is 1. The fourth-order valence-electron chi connectivity index (χ4n) is 1.33. The summed E-state index contributed by atoms with van der Waals surface area (Å²) < 4.78 is 25.0. The van der Waals surface area contributed by atoms with Crippen LogP contribution < -0.4 is 5.73 Å². The third-order valence-corrected chi connectivity index (χ3v) is 4.88. The molecule has 88 valence electrons. The minimum absolute atomic E-state index is 0.0550. The average Bonchev–Trinajstić information content (AvgIpc) is 3.01. The predicted molar refractivity (Wildman–Crippen MR) is 57.2 cm³/mol. The zero-order valence-corrected chi connectivity index (χ0v) is 9.57. The molecule has 0 heterocycles. The zero-order chi connectivity index (χ0) is 11.5. The first-order valence-electron chi connectivity index (χ1n) is 4.97. The van der Waals surface area contributed by atoms with Crippen LogP contribution in [-0.4, -0.2) is 42.1 Å². The molecule has 0 saturated heterocycles. The van der Waals surface area contributed by atoms with Gasteiger partial charge in [-0.2, -0.15) is 0 Å². The Hall–Kier alpha value is -0.820. The van der Waals surface area contributed by atoms with Gasteiger partial charge >= 0.3 is 0 Å². The number of hydrogen-bond acceptors (Lipinski definition) is 4. The first-order chi connectivity index (χ1) is 7.02. The van der Waals surface area contributed by atoms with Gasteiger partial charge in [-0.25, -0.2) is 12.7 Å². The van der Waals surface area contributed by atoms with Crippen molar-refractivity contribution in [1.82, 2.24) is 4.31 Å². The summed E-state index contributed by atoms with van der Waals surface area (Å²) in [5.41, 5.74) is 5.29. The number of sulfonamides is 1. The van der Waals surface area contributed by atoms with Gasteiger partial charge in [0, 0.05) is 19.5 Å².